The molecule has 2 heteroatoms. The lowest BCUT2D eigenvalue weighted by Crippen LogP contribution is -2.40. The summed E-state index contributed by atoms with van der Waals surface area (Å²) in [6.45, 7) is 9.45. The Bertz CT molecular complexity index is 3050. The van der Waals surface area contributed by atoms with Crippen LogP contribution in [0.2, 0.25) is 0 Å². The minimum absolute atomic E-state index is 0.0503. The van der Waals surface area contributed by atoms with Crippen LogP contribution in [0.5, 0.6) is 0 Å². The van der Waals surface area contributed by atoms with Crippen molar-refractivity contribution in [1.29, 1.82) is 0 Å². The summed E-state index contributed by atoms with van der Waals surface area (Å²) in [5.74, 6) is -0.210. The van der Waals surface area contributed by atoms with Gasteiger partial charge in [0.1, 0.15) is 11.4 Å². The molecule has 72 heavy (non-hydrogen) atoms. The molecular formula is C70H60N2. The van der Waals surface area contributed by atoms with Gasteiger partial charge in [0.25, 0.3) is 0 Å². The molecule has 10 aromatic carbocycles. The van der Waals surface area contributed by atoms with Crippen molar-refractivity contribution in [2.24, 2.45) is 0 Å². The van der Waals surface area contributed by atoms with Gasteiger partial charge in [-0.3, -0.25) is 0 Å². The van der Waals surface area contributed by atoms with E-state index in [0.717, 1.165) is 0 Å². The molecule has 0 spiro atoms. The van der Waals surface area contributed by atoms with Crippen LogP contribution in [0, 0.1) is 27.1 Å². The fourth-order valence-corrected chi connectivity index (χ4v) is 11.6. The van der Waals surface area contributed by atoms with Gasteiger partial charge in [-0.25, -0.2) is 0 Å². The molecule has 1 unspecified atom stereocenters. The Kier molecular flexibility index (Phi) is 13.1. The van der Waals surface area contributed by atoms with E-state index in [-0.39, 0.29) is 23.7 Å². The van der Waals surface area contributed by atoms with Crippen LogP contribution in [0.25, 0.3) is 0 Å². The van der Waals surface area contributed by atoms with Crippen LogP contribution in [0.15, 0.2) is 267 Å². The van der Waals surface area contributed by atoms with Crippen LogP contribution in [0.4, 0.5) is 11.4 Å². The smallest absolute Gasteiger partial charge is 0.216 e. The lowest BCUT2D eigenvalue weighted by Gasteiger charge is -2.42. The quantitative estimate of drug-likeness (QED) is 0.0442. The summed E-state index contributed by atoms with van der Waals surface area (Å²) in [6, 6.07) is 98.6. The van der Waals surface area contributed by atoms with E-state index < -0.39 is 0 Å². The number of benzene rings is 10. The van der Waals surface area contributed by atoms with E-state index >= 15 is 0 Å². The molecule has 0 fully saturated rings. The van der Waals surface area contributed by atoms with Crippen molar-refractivity contribution in [2.45, 2.75) is 37.5 Å². The molecule has 0 N–H and O–H groups in total. The van der Waals surface area contributed by atoms with Gasteiger partial charge in [-0.2, -0.15) is 6.54 Å². The molecule has 350 valence electrons. The van der Waals surface area contributed by atoms with E-state index in [1.54, 1.807) is 0 Å². The molecule has 0 aliphatic carbocycles. The number of quaternary nitrogens is 1. The van der Waals surface area contributed by atoms with Gasteiger partial charge in [0.2, 0.25) is 6.67 Å². The largest absolute Gasteiger partial charge is 0.378 e. The third-order valence-electron chi connectivity index (χ3n) is 14.6. The zero-order valence-electron chi connectivity index (χ0n) is 41.3. The van der Waals surface area contributed by atoms with Gasteiger partial charge in [0.05, 0.1) is 7.05 Å². The molecule has 1 heterocycles. The van der Waals surface area contributed by atoms with Gasteiger partial charge in [0.15, 0.2) is 0 Å². The van der Waals surface area contributed by atoms with Crippen LogP contribution in [0.1, 0.15) is 102 Å². The SMILES string of the molecule is Cc1cc(C(c2ccccc2)c2ccccc2)c([N+]2=C[CH-][N+](C)(c3c(C(c4ccccc4)c4ccccc4)cc(C)cc3C(c3ccccc3)c3ccccc3)[CH-]2)c(C(c2ccccc2)c2ccccc2)c1. The number of hydrogen-bond donors (Lipinski definition) is 0. The monoisotopic (exact) mass is 928 g/mol. The van der Waals surface area contributed by atoms with Crippen molar-refractivity contribution >= 4 is 17.6 Å². The van der Waals surface area contributed by atoms with Crippen LogP contribution < -0.4 is 4.48 Å². The molecular weight excluding hydrogens is 869 g/mol. The molecule has 0 radical (unpaired) electrons. The lowest BCUT2D eigenvalue weighted by atomic mass is 9.77. The van der Waals surface area contributed by atoms with Crippen molar-refractivity contribution in [3.63, 3.8) is 0 Å². The highest BCUT2D eigenvalue weighted by Crippen LogP contribution is 2.51. The fourth-order valence-electron chi connectivity index (χ4n) is 11.6. The number of aryl methyl sites for hydroxylation is 2. The Labute approximate surface area is 427 Å². The minimum atomic E-state index is -0.0546. The lowest BCUT2D eigenvalue weighted by molar-refractivity contribution is -0.397. The van der Waals surface area contributed by atoms with E-state index in [1.807, 2.05) is 0 Å². The second kappa shape index (κ2) is 20.5. The molecule has 1 aliphatic rings. The van der Waals surface area contributed by atoms with E-state index in [9.17, 15) is 0 Å². The van der Waals surface area contributed by atoms with Crippen molar-refractivity contribution in [2.75, 3.05) is 7.05 Å². The standard InChI is InChI=1S/C70H60N2/c1-51-46-61(65(53-28-12-4-13-29-53)54-30-14-5-15-31-54)69(62(47-51)66(55-32-16-6-17-33-55)56-34-18-7-19-35-56)71-44-45-72(3,50-71)70-63(67(57-36-20-8-21-37-57)58-38-22-9-23-39-58)48-52(2)49-64(70)68(59-40-24-10-25-41-59)60-42-26-11-27-43-60/h4-50,65-68H,1-3H3. The summed E-state index contributed by atoms with van der Waals surface area (Å²) in [5.41, 5.74) is 20.0. The molecule has 2 nitrogen and oxygen atoms in total. The highest BCUT2D eigenvalue weighted by atomic mass is 15.4. The maximum absolute atomic E-state index is 2.48. The summed E-state index contributed by atoms with van der Waals surface area (Å²) in [4.78, 5) is 0. The van der Waals surface area contributed by atoms with Gasteiger partial charge in [0, 0.05) is 34.8 Å². The Hall–Kier alpha value is -8.43. The molecule has 10 aromatic rings. The third-order valence-corrected chi connectivity index (χ3v) is 14.6. The molecule has 11 rings (SSSR count). The predicted molar refractivity (Wildman–Crippen MR) is 300 cm³/mol. The highest BCUT2D eigenvalue weighted by molar-refractivity contribution is 5.78. The second-order valence-corrected chi connectivity index (χ2v) is 19.6. The first-order valence-electron chi connectivity index (χ1n) is 25.3. The van der Waals surface area contributed by atoms with Crippen molar-refractivity contribution < 1.29 is 4.58 Å². The van der Waals surface area contributed by atoms with Gasteiger partial charge < -0.3 is 9.06 Å². The first-order valence-corrected chi connectivity index (χ1v) is 25.3. The molecule has 1 atom stereocenters. The average Bonchev–Trinajstić information content (AvgIpc) is 3.83. The molecule has 0 saturated carbocycles. The van der Waals surface area contributed by atoms with Gasteiger partial charge in [-0.15, -0.1) is 0 Å². The van der Waals surface area contributed by atoms with E-state index in [1.165, 1.54) is 89.3 Å². The number of hydrogen-bond acceptors (Lipinski definition) is 0. The maximum Gasteiger partial charge on any atom is 0.216 e. The minimum Gasteiger partial charge on any atom is -0.378 e. The second-order valence-electron chi connectivity index (χ2n) is 19.6. The predicted octanol–water partition coefficient (Wildman–Crippen LogP) is 16.7. The molecule has 0 aromatic heterocycles. The van der Waals surface area contributed by atoms with Gasteiger partial charge >= 0.3 is 0 Å². The Morgan fingerprint density at radius 3 is 0.792 bits per heavy atom. The van der Waals surface area contributed by atoms with Crippen LogP contribution >= 0.6 is 0 Å². The zero-order valence-corrected chi connectivity index (χ0v) is 41.3. The molecule has 0 amide bonds. The van der Waals surface area contributed by atoms with E-state index in [0.29, 0.717) is 4.48 Å². The van der Waals surface area contributed by atoms with Crippen LogP contribution in [-0.4, -0.2) is 17.8 Å². The maximum atomic E-state index is 2.48. The Morgan fingerprint density at radius 2 is 0.542 bits per heavy atom. The zero-order chi connectivity index (χ0) is 48.9. The fraction of sp³-hybridized carbons (Fsp3) is 0.100. The third kappa shape index (κ3) is 9.21. The molecule has 0 bridgehead atoms. The summed E-state index contributed by atoms with van der Waals surface area (Å²) >= 11 is 0. The first kappa shape index (κ1) is 46.0. The Balaban J connectivity index is 1.19. The van der Waals surface area contributed by atoms with Gasteiger partial charge in [-0.05, 0) is 87.8 Å². The normalized spacial score (nSPS) is 14.3. The van der Waals surface area contributed by atoms with Gasteiger partial charge in [-0.1, -0.05) is 266 Å². The number of nitrogens with zero attached hydrogens (tertiary/aromatic N) is 2. The summed E-state index contributed by atoms with van der Waals surface area (Å²) in [5, 5.41) is 0. The van der Waals surface area contributed by atoms with Crippen LogP contribution in [0.3, 0.4) is 0 Å². The first-order chi connectivity index (χ1) is 35.4. The van der Waals surface area contributed by atoms with E-state index in [2.05, 4.69) is 312 Å². The average molecular weight is 929 g/mol. The summed E-state index contributed by atoms with van der Waals surface area (Å²) in [7, 11) is 2.39. The van der Waals surface area contributed by atoms with Crippen molar-refractivity contribution in [1.82, 2.24) is 4.48 Å². The summed E-state index contributed by atoms with van der Waals surface area (Å²) < 4.78 is 2.90. The molecule has 1 aliphatic heterocycles. The van der Waals surface area contributed by atoms with E-state index in [4.69, 9.17) is 0 Å². The summed E-state index contributed by atoms with van der Waals surface area (Å²) in [6.07, 6.45) is 2.35. The van der Waals surface area contributed by atoms with Crippen LogP contribution in [-0.2, 0) is 0 Å². The molecule has 0 saturated heterocycles. The van der Waals surface area contributed by atoms with Crippen molar-refractivity contribution in [3.05, 3.63) is 358 Å². The highest BCUT2D eigenvalue weighted by Gasteiger charge is 2.39. The van der Waals surface area contributed by atoms with Crippen molar-refractivity contribution in [3.8, 4) is 0 Å². The topological polar surface area (TPSA) is 3.01 Å². The number of rotatable bonds is 14. The Morgan fingerprint density at radius 1 is 0.319 bits per heavy atom.